The highest BCUT2D eigenvalue weighted by Crippen LogP contribution is 2.11. The molecule has 60 valence electrons. The molecule has 1 nitrogen and oxygen atoms in total. The van der Waals surface area contributed by atoms with E-state index in [1.54, 1.807) is 0 Å². The average Bonchev–Trinajstić information content (AvgIpc) is 2.24. The maximum atomic E-state index is 7.90. The van der Waals surface area contributed by atoms with E-state index in [0.717, 1.165) is 0 Å². The van der Waals surface area contributed by atoms with E-state index in [4.69, 9.17) is 12.3 Å². The molecule has 0 bridgehead atoms. The Morgan fingerprint density at radius 3 is 3.36 bits per heavy atom. The van der Waals surface area contributed by atoms with Gasteiger partial charge in [-0.25, -0.2) is 0 Å². The van der Waals surface area contributed by atoms with Gasteiger partial charge in [0.05, 0.1) is 0 Å². The molecule has 2 heteroatoms. The Kier molecular flexibility index (Phi) is 0.898. The Morgan fingerprint density at radius 1 is 1.91 bits per heavy atom. The molecule has 1 aromatic rings. The average molecular weight is 223 g/mol. The molecule has 0 saturated heterocycles. The zero-order valence-corrected chi connectivity index (χ0v) is 7.14. The highest BCUT2D eigenvalue weighted by atomic mass is 79.9. The lowest BCUT2D eigenvalue weighted by Crippen LogP contribution is -1.96. The summed E-state index contributed by atoms with van der Waals surface area (Å²) in [6, 6.07) is 2.65. The maximum Gasteiger partial charge on any atom is 0.0417 e. The molecule has 0 N–H and O–H groups in total. The fraction of sp³-hybridized carbons (Fsp3) is 0.444. The molecule has 1 aromatic heterocycles. The normalized spacial score (nSPS) is 27.2. The minimum Gasteiger partial charge on any atom is -0.261 e. The monoisotopic (exact) mass is 222 g/mol. The van der Waals surface area contributed by atoms with Gasteiger partial charge in [0.25, 0.3) is 0 Å². The number of rotatable bonds is 2. The Labute approximate surface area is 88.6 Å². The Morgan fingerprint density at radius 2 is 2.73 bits per heavy atom. The number of hydrogen-bond acceptors (Lipinski definition) is 1. The molecule has 1 rings (SSSR count). The number of pyridine rings is 1. The Bertz CT molecular complexity index is 479. The van der Waals surface area contributed by atoms with Crippen molar-refractivity contribution in [2.75, 3.05) is 0 Å². The third-order valence-electron chi connectivity index (χ3n) is 0.975. The molecule has 0 saturated carbocycles. The molecule has 0 fully saturated rings. The number of nitrogens with zero attached hydrogens (tertiary/aromatic N) is 1. The first-order valence-electron chi connectivity index (χ1n) is 7.37. The van der Waals surface area contributed by atoms with Crippen molar-refractivity contribution in [2.24, 2.45) is 5.89 Å². The van der Waals surface area contributed by atoms with Crippen LogP contribution in [0.4, 0.5) is 0 Å². The van der Waals surface area contributed by atoms with Gasteiger partial charge < -0.3 is 0 Å². The second-order valence-electron chi connectivity index (χ2n) is 1.86. The van der Waals surface area contributed by atoms with E-state index in [0.29, 0.717) is 4.47 Å². The second kappa shape index (κ2) is 3.86. The molecule has 0 aliphatic heterocycles. The summed E-state index contributed by atoms with van der Waals surface area (Å²) in [4.78, 5) is 3.68. The van der Waals surface area contributed by atoms with Crippen molar-refractivity contribution in [1.82, 2.24) is 4.98 Å². The molecule has 0 unspecified atom stereocenters. The van der Waals surface area contributed by atoms with Gasteiger partial charge in [-0.2, -0.15) is 0 Å². The predicted octanol–water partition coefficient (Wildman–Crippen LogP) is 3.04. The first-order valence-corrected chi connectivity index (χ1v) is 3.66. The molecular formula is C9H12BrN. The minimum absolute atomic E-state index is 0.407. The smallest absolute Gasteiger partial charge is 0.0417 e. The second-order valence-corrected chi connectivity index (χ2v) is 2.77. The summed E-state index contributed by atoms with van der Waals surface area (Å²) >= 11 is 3.07. The lowest BCUT2D eigenvalue weighted by atomic mass is 10.1. The van der Waals surface area contributed by atoms with E-state index in [1.165, 1.54) is 18.3 Å². The molecule has 1 heterocycles. The van der Waals surface area contributed by atoms with Crippen LogP contribution in [-0.4, -0.2) is 4.98 Å². The summed E-state index contributed by atoms with van der Waals surface area (Å²) < 4.78 is 67.9. The third kappa shape index (κ3) is 3.02. The van der Waals surface area contributed by atoms with Gasteiger partial charge in [-0.05, 0) is 24.4 Å². The summed E-state index contributed by atoms with van der Waals surface area (Å²) in [5.74, 6) is -3.33. The molecule has 0 amide bonds. The summed E-state index contributed by atoms with van der Waals surface area (Å²) in [5.41, 5.74) is -0.422. The summed E-state index contributed by atoms with van der Waals surface area (Å²) in [6.07, 6.45) is -1.79. The van der Waals surface area contributed by atoms with Crippen LogP contribution in [0.15, 0.2) is 22.8 Å². The zero-order valence-electron chi connectivity index (χ0n) is 14.6. The Hall–Kier alpha value is -0.370. The van der Waals surface area contributed by atoms with Gasteiger partial charge in [0.1, 0.15) is 0 Å². The molecular weight excluding hydrogens is 202 g/mol. The van der Waals surface area contributed by atoms with Crippen LogP contribution in [0.1, 0.15) is 31.7 Å². The first kappa shape index (κ1) is 2.56. The lowest BCUT2D eigenvalue weighted by Gasteiger charge is -2.02. The largest absolute Gasteiger partial charge is 0.261 e. The van der Waals surface area contributed by atoms with Gasteiger partial charge in [0, 0.05) is 28.7 Å². The van der Waals surface area contributed by atoms with Crippen LogP contribution in [-0.2, 0) is 6.37 Å². The first-order chi connectivity index (χ1) is 8.75. The van der Waals surface area contributed by atoms with Crippen molar-refractivity contribution < 1.29 is 12.3 Å². The third-order valence-corrected chi connectivity index (χ3v) is 1.47. The molecule has 0 aliphatic rings. The topological polar surface area (TPSA) is 12.9 Å². The lowest BCUT2D eigenvalue weighted by molar-refractivity contribution is 0.635. The molecule has 0 atom stereocenters. The number of hydrogen-bond donors (Lipinski definition) is 0. The van der Waals surface area contributed by atoms with Crippen LogP contribution in [0.2, 0.25) is 0 Å². The standard InChI is InChI=1S/C9H12BrN/c1-7(2)5-9-6-8(10)3-4-11-9/h3-4,6-7H,5H2,1-2H3/i1D3,2D3,5D2,7D. The van der Waals surface area contributed by atoms with Crippen LogP contribution in [0.5, 0.6) is 0 Å². The maximum absolute atomic E-state index is 7.90. The van der Waals surface area contributed by atoms with E-state index >= 15 is 0 Å². The van der Waals surface area contributed by atoms with Crippen molar-refractivity contribution in [3.63, 3.8) is 0 Å². The van der Waals surface area contributed by atoms with Crippen molar-refractivity contribution in [3.05, 3.63) is 28.5 Å². The van der Waals surface area contributed by atoms with Gasteiger partial charge in [-0.3, -0.25) is 4.98 Å². The van der Waals surface area contributed by atoms with Crippen LogP contribution in [0.3, 0.4) is 0 Å². The highest BCUT2D eigenvalue weighted by molar-refractivity contribution is 9.10. The molecule has 0 spiro atoms. The predicted molar refractivity (Wildman–Crippen MR) is 50.5 cm³/mol. The fourth-order valence-electron chi connectivity index (χ4n) is 0.601. The van der Waals surface area contributed by atoms with Crippen molar-refractivity contribution >= 4 is 15.9 Å². The van der Waals surface area contributed by atoms with E-state index < -0.39 is 31.7 Å². The molecule has 11 heavy (non-hydrogen) atoms. The minimum atomic E-state index is -3.36. The van der Waals surface area contributed by atoms with Crippen molar-refractivity contribution in [1.29, 1.82) is 0 Å². The van der Waals surface area contributed by atoms with Gasteiger partial charge in [-0.1, -0.05) is 29.6 Å². The van der Waals surface area contributed by atoms with Gasteiger partial charge >= 0.3 is 0 Å². The molecule has 0 radical (unpaired) electrons. The fourth-order valence-corrected chi connectivity index (χ4v) is 0.936. The molecule has 0 aromatic carbocycles. The van der Waals surface area contributed by atoms with Gasteiger partial charge in [0.2, 0.25) is 0 Å². The van der Waals surface area contributed by atoms with Gasteiger partial charge in [-0.15, -0.1) is 0 Å². The number of halogens is 1. The van der Waals surface area contributed by atoms with E-state index in [9.17, 15) is 0 Å². The van der Waals surface area contributed by atoms with E-state index in [2.05, 4.69) is 20.9 Å². The van der Waals surface area contributed by atoms with Crippen LogP contribution in [0, 0.1) is 5.89 Å². The van der Waals surface area contributed by atoms with Crippen molar-refractivity contribution in [3.8, 4) is 0 Å². The summed E-state index contributed by atoms with van der Waals surface area (Å²) in [5, 5.41) is 0. The van der Waals surface area contributed by atoms with E-state index in [1.807, 2.05) is 0 Å². The van der Waals surface area contributed by atoms with Crippen LogP contribution in [0.25, 0.3) is 0 Å². The SMILES string of the molecule is [2H]C([2H])([2H])C([2H])(C([2H])([2H])[2H])C([2H])([2H])c1cc(Br)ccn1. The Balaban J connectivity index is 3.56. The quantitative estimate of drug-likeness (QED) is 0.750. The summed E-state index contributed by atoms with van der Waals surface area (Å²) in [7, 11) is 0. The van der Waals surface area contributed by atoms with Crippen LogP contribution >= 0.6 is 15.9 Å². The van der Waals surface area contributed by atoms with E-state index in [-0.39, 0.29) is 0 Å². The summed E-state index contributed by atoms with van der Waals surface area (Å²) in [6.45, 7) is -6.71. The zero-order chi connectivity index (χ0) is 16.0. The molecule has 0 aliphatic carbocycles. The van der Waals surface area contributed by atoms with Gasteiger partial charge in [0.15, 0.2) is 0 Å². The highest BCUT2D eigenvalue weighted by Gasteiger charge is 1.98. The van der Waals surface area contributed by atoms with Crippen LogP contribution < -0.4 is 0 Å². The van der Waals surface area contributed by atoms with Crippen molar-refractivity contribution in [2.45, 2.75) is 20.1 Å². The number of aromatic nitrogens is 1.